The largest absolute Gasteiger partial charge is 0.460 e. The Hall–Kier alpha value is -1.78. The molecule has 25 heavy (non-hydrogen) atoms. The van der Waals surface area contributed by atoms with Gasteiger partial charge < -0.3 is 14.8 Å². The van der Waals surface area contributed by atoms with Crippen molar-refractivity contribution in [3.63, 3.8) is 0 Å². The molecule has 2 rings (SSSR count). The van der Waals surface area contributed by atoms with Crippen molar-refractivity contribution in [2.24, 2.45) is 16.2 Å². The summed E-state index contributed by atoms with van der Waals surface area (Å²) >= 11 is 0. The van der Waals surface area contributed by atoms with Crippen molar-refractivity contribution in [1.29, 1.82) is 0 Å². The lowest BCUT2D eigenvalue weighted by Gasteiger charge is -2.44. The maximum Gasteiger partial charge on any atom is 0.407 e. The van der Waals surface area contributed by atoms with E-state index in [0.29, 0.717) is 12.2 Å². The van der Waals surface area contributed by atoms with Gasteiger partial charge in [-0.1, -0.05) is 38.5 Å². The maximum atomic E-state index is 12.0. The van der Waals surface area contributed by atoms with E-state index in [9.17, 15) is 9.59 Å². The number of alkyl carbamates (subject to hydrolysis) is 1. The van der Waals surface area contributed by atoms with Crippen LogP contribution >= 0.6 is 0 Å². The first-order valence-electron chi connectivity index (χ1n) is 8.87. The Balaban J connectivity index is 1.83. The topological polar surface area (TPSA) is 64.6 Å². The van der Waals surface area contributed by atoms with E-state index in [2.05, 4.69) is 46.5 Å². The van der Waals surface area contributed by atoms with Gasteiger partial charge in [0.25, 0.3) is 0 Å². The number of fused-ring (bicyclic) bond motifs is 2. The van der Waals surface area contributed by atoms with E-state index in [1.54, 1.807) is 6.92 Å². The number of rotatable bonds is 6. The van der Waals surface area contributed by atoms with Gasteiger partial charge >= 0.3 is 12.1 Å². The molecular weight excluding hydrogens is 318 g/mol. The molecule has 0 aromatic heterocycles. The molecule has 2 aliphatic carbocycles. The summed E-state index contributed by atoms with van der Waals surface area (Å²) in [5.74, 6) is -0.455. The van der Waals surface area contributed by atoms with Crippen LogP contribution in [0.5, 0.6) is 0 Å². The standard InChI is InChI=1S/C20H31NO4/c1-13(2)16(22)24-9-8-21-17(23)25-12-19(6)10-18(5)11-20(19,7)15(4)14(18)3/h1,8-12H2,2-7H3,(H,21,23). The molecule has 0 heterocycles. The van der Waals surface area contributed by atoms with Crippen LogP contribution in [-0.4, -0.2) is 31.8 Å². The third kappa shape index (κ3) is 3.33. The van der Waals surface area contributed by atoms with E-state index < -0.39 is 12.1 Å². The highest BCUT2D eigenvalue weighted by molar-refractivity contribution is 5.86. The molecule has 5 heteroatoms. The van der Waals surface area contributed by atoms with E-state index in [1.807, 2.05) is 0 Å². The normalized spacial score (nSPS) is 33.4. The number of carbonyl (C=O) groups excluding carboxylic acids is 2. The fraction of sp³-hybridized carbons (Fsp3) is 0.700. The van der Waals surface area contributed by atoms with Crippen LogP contribution in [0, 0.1) is 16.2 Å². The van der Waals surface area contributed by atoms with Gasteiger partial charge in [-0.15, -0.1) is 0 Å². The van der Waals surface area contributed by atoms with Crippen LogP contribution in [0.15, 0.2) is 23.3 Å². The molecule has 0 saturated heterocycles. The zero-order valence-electron chi connectivity index (χ0n) is 16.4. The summed E-state index contributed by atoms with van der Waals surface area (Å²) in [7, 11) is 0. The van der Waals surface area contributed by atoms with Crippen molar-refractivity contribution < 1.29 is 19.1 Å². The summed E-state index contributed by atoms with van der Waals surface area (Å²) < 4.78 is 10.4. The van der Waals surface area contributed by atoms with Crippen molar-refractivity contribution in [3.8, 4) is 0 Å². The first-order chi connectivity index (χ1) is 11.5. The van der Waals surface area contributed by atoms with Crippen molar-refractivity contribution in [2.75, 3.05) is 19.8 Å². The van der Waals surface area contributed by atoms with Gasteiger partial charge in [-0.2, -0.15) is 0 Å². The predicted molar refractivity (Wildman–Crippen MR) is 97.1 cm³/mol. The van der Waals surface area contributed by atoms with Gasteiger partial charge in [-0.3, -0.25) is 0 Å². The Labute approximate surface area is 150 Å². The van der Waals surface area contributed by atoms with Gasteiger partial charge in [-0.05, 0) is 44.4 Å². The third-order valence-electron chi connectivity index (χ3n) is 6.63. The van der Waals surface area contributed by atoms with E-state index in [0.717, 1.165) is 12.8 Å². The van der Waals surface area contributed by atoms with E-state index in [1.165, 1.54) is 11.1 Å². The average molecular weight is 349 g/mol. The number of hydrogen-bond acceptors (Lipinski definition) is 4. The molecule has 1 amide bonds. The quantitative estimate of drug-likeness (QED) is 0.341. The third-order valence-corrected chi connectivity index (χ3v) is 6.63. The molecule has 2 bridgehead atoms. The number of carbonyl (C=O) groups is 2. The second-order valence-electron chi connectivity index (χ2n) is 8.48. The van der Waals surface area contributed by atoms with Crippen LogP contribution < -0.4 is 5.32 Å². The van der Waals surface area contributed by atoms with Crippen LogP contribution in [0.3, 0.4) is 0 Å². The van der Waals surface area contributed by atoms with Crippen LogP contribution in [0.4, 0.5) is 4.79 Å². The second kappa shape index (κ2) is 6.50. The number of allylic oxidation sites excluding steroid dienone is 2. The van der Waals surface area contributed by atoms with Crippen LogP contribution in [-0.2, 0) is 14.3 Å². The lowest BCUT2D eigenvalue weighted by Crippen LogP contribution is -2.41. The van der Waals surface area contributed by atoms with Gasteiger partial charge in [0.05, 0.1) is 13.2 Å². The molecule has 0 aliphatic heterocycles. The Morgan fingerprint density at radius 2 is 1.76 bits per heavy atom. The van der Waals surface area contributed by atoms with E-state index in [-0.39, 0.29) is 29.4 Å². The fourth-order valence-electron chi connectivity index (χ4n) is 4.74. The minimum absolute atomic E-state index is 0.0604. The van der Waals surface area contributed by atoms with E-state index >= 15 is 0 Å². The number of hydrogen-bond donors (Lipinski definition) is 1. The smallest absolute Gasteiger partial charge is 0.407 e. The first kappa shape index (κ1) is 19.5. The molecule has 0 aromatic rings. The second-order valence-corrected chi connectivity index (χ2v) is 8.48. The lowest BCUT2D eigenvalue weighted by atomic mass is 9.62. The molecule has 0 spiro atoms. The summed E-state index contributed by atoms with van der Waals surface area (Å²) in [6, 6.07) is 0. The highest BCUT2D eigenvalue weighted by atomic mass is 16.6. The summed E-state index contributed by atoms with van der Waals surface area (Å²) in [4.78, 5) is 23.2. The maximum absolute atomic E-state index is 12.0. The fourth-order valence-corrected chi connectivity index (χ4v) is 4.74. The number of nitrogens with one attached hydrogen (secondary N) is 1. The minimum atomic E-state index is -0.470. The van der Waals surface area contributed by atoms with Crippen molar-refractivity contribution in [3.05, 3.63) is 23.3 Å². The molecule has 140 valence electrons. The molecule has 3 atom stereocenters. The SMILES string of the molecule is C=C(C)C(=O)OCCNC(=O)OCC1(C)CC2(C)CC1(C)C(C)=C2C. The lowest BCUT2D eigenvalue weighted by molar-refractivity contribution is -0.138. The molecular formula is C20H31NO4. The molecule has 1 fully saturated rings. The number of amides is 1. The average Bonchev–Trinajstić information content (AvgIpc) is 2.85. The molecule has 0 radical (unpaired) electrons. The van der Waals surface area contributed by atoms with Gasteiger partial charge in [0, 0.05) is 11.0 Å². The summed E-state index contributed by atoms with van der Waals surface area (Å²) in [5.41, 5.74) is 3.51. The van der Waals surface area contributed by atoms with Gasteiger partial charge in [0.2, 0.25) is 0 Å². The van der Waals surface area contributed by atoms with Crippen LogP contribution in [0.2, 0.25) is 0 Å². The summed E-state index contributed by atoms with van der Waals surface area (Å²) in [6.45, 7) is 17.1. The molecule has 5 nitrogen and oxygen atoms in total. The van der Waals surface area contributed by atoms with Crippen molar-refractivity contribution >= 4 is 12.1 Å². The first-order valence-corrected chi connectivity index (χ1v) is 8.87. The Morgan fingerprint density at radius 1 is 1.12 bits per heavy atom. The number of ether oxygens (including phenoxy) is 2. The monoisotopic (exact) mass is 349 g/mol. The highest BCUT2D eigenvalue weighted by Crippen LogP contribution is 2.71. The zero-order valence-corrected chi connectivity index (χ0v) is 16.4. The van der Waals surface area contributed by atoms with Crippen LogP contribution in [0.1, 0.15) is 54.4 Å². The Morgan fingerprint density at radius 3 is 2.28 bits per heavy atom. The Bertz CT molecular complexity index is 638. The predicted octanol–water partition coefficient (Wildman–Crippen LogP) is 3.99. The zero-order chi connectivity index (χ0) is 19.0. The summed E-state index contributed by atoms with van der Waals surface area (Å²) in [6.07, 6.45) is 1.68. The molecule has 2 aliphatic rings. The number of esters is 1. The van der Waals surface area contributed by atoms with Gasteiger partial charge in [0.15, 0.2) is 0 Å². The Kier molecular flexibility index (Phi) is 5.08. The minimum Gasteiger partial charge on any atom is -0.460 e. The van der Waals surface area contributed by atoms with Crippen molar-refractivity contribution in [2.45, 2.75) is 54.4 Å². The molecule has 0 aromatic carbocycles. The summed E-state index contributed by atoms with van der Waals surface area (Å²) in [5, 5.41) is 2.62. The van der Waals surface area contributed by atoms with E-state index in [4.69, 9.17) is 9.47 Å². The highest BCUT2D eigenvalue weighted by Gasteiger charge is 2.63. The van der Waals surface area contributed by atoms with Gasteiger partial charge in [-0.25, -0.2) is 9.59 Å². The molecule has 3 unspecified atom stereocenters. The van der Waals surface area contributed by atoms with Gasteiger partial charge in [0.1, 0.15) is 6.61 Å². The van der Waals surface area contributed by atoms with Crippen LogP contribution in [0.25, 0.3) is 0 Å². The molecule has 1 N–H and O–H groups in total. The van der Waals surface area contributed by atoms with Crippen molar-refractivity contribution in [1.82, 2.24) is 5.32 Å². The molecule has 1 saturated carbocycles.